The molecule has 1 aliphatic heterocycles. The van der Waals surface area contributed by atoms with Gasteiger partial charge in [0.1, 0.15) is 0 Å². The number of carbonyl (C=O) groups excluding carboxylic acids is 1. The number of halogens is 7. The first-order valence-corrected chi connectivity index (χ1v) is 5.28. The highest BCUT2D eigenvalue weighted by Crippen LogP contribution is 2.26. The van der Waals surface area contributed by atoms with Crippen molar-refractivity contribution in [3.63, 3.8) is 0 Å². The largest absolute Gasteiger partial charge is 0.401 e. The Morgan fingerprint density at radius 1 is 1.00 bits per heavy atom. The summed E-state index contributed by atoms with van der Waals surface area (Å²) in [6.07, 6.45) is -8.56. The Kier molecular flexibility index (Phi) is 4.64. The van der Waals surface area contributed by atoms with Gasteiger partial charge in [-0.05, 0) is 0 Å². The van der Waals surface area contributed by atoms with Crippen molar-refractivity contribution in [1.82, 2.24) is 9.80 Å². The first kappa shape index (κ1) is 16.0. The smallest absolute Gasteiger partial charge is 0.335 e. The molecule has 0 N–H and O–H groups in total. The maximum Gasteiger partial charge on any atom is 0.401 e. The van der Waals surface area contributed by atoms with E-state index in [9.17, 15) is 35.5 Å². The maximum atomic E-state index is 12.8. The minimum Gasteiger partial charge on any atom is -0.335 e. The topological polar surface area (TPSA) is 23.6 Å². The normalized spacial score (nSPS) is 19.1. The highest BCUT2D eigenvalue weighted by atomic mass is 19.4. The van der Waals surface area contributed by atoms with Crippen LogP contribution in [0.2, 0.25) is 0 Å². The van der Waals surface area contributed by atoms with Crippen molar-refractivity contribution < 1.29 is 35.5 Å². The summed E-state index contributed by atoms with van der Waals surface area (Å²) in [5.41, 5.74) is 0. The lowest BCUT2D eigenvalue weighted by Crippen LogP contribution is -2.56. The van der Waals surface area contributed by atoms with Crippen molar-refractivity contribution in [2.45, 2.75) is 18.5 Å². The van der Waals surface area contributed by atoms with E-state index in [1.54, 1.807) is 0 Å². The maximum absolute atomic E-state index is 12.8. The second-order valence-electron chi connectivity index (χ2n) is 4.11. The third-order valence-corrected chi connectivity index (χ3v) is 2.62. The molecule has 1 amide bonds. The predicted molar refractivity (Wildman–Crippen MR) is 50.0 cm³/mol. The van der Waals surface area contributed by atoms with Gasteiger partial charge in [0, 0.05) is 26.2 Å². The molecule has 1 fully saturated rings. The van der Waals surface area contributed by atoms with Gasteiger partial charge in [0.2, 0.25) is 0 Å². The lowest BCUT2D eigenvalue weighted by atomic mass is 10.2. The van der Waals surface area contributed by atoms with Crippen LogP contribution in [0.15, 0.2) is 0 Å². The Labute approximate surface area is 103 Å². The van der Waals surface area contributed by atoms with Crippen LogP contribution in [0, 0.1) is 0 Å². The van der Waals surface area contributed by atoms with Gasteiger partial charge in [-0.1, -0.05) is 0 Å². The summed E-state index contributed by atoms with van der Waals surface area (Å²) in [6, 6.07) is 0. The Bertz CT molecular complexity index is 323. The van der Waals surface area contributed by atoms with Crippen molar-refractivity contribution in [1.29, 1.82) is 0 Å². The zero-order valence-electron chi connectivity index (χ0n) is 9.56. The molecule has 0 saturated carbocycles. The molecule has 1 saturated heterocycles. The summed E-state index contributed by atoms with van der Waals surface area (Å²) >= 11 is 0. The third-order valence-electron chi connectivity index (χ3n) is 2.62. The molecule has 0 aromatic carbocycles. The van der Waals surface area contributed by atoms with Crippen molar-refractivity contribution in [3.8, 4) is 0 Å². The van der Waals surface area contributed by atoms with Crippen molar-refractivity contribution in [2.75, 3.05) is 32.7 Å². The monoisotopic (exact) mass is 296 g/mol. The minimum absolute atomic E-state index is 0.287. The average Bonchev–Trinajstić information content (AvgIpc) is 2.26. The van der Waals surface area contributed by atoms with Crippen LogP contribution in [0.4, 0.5) is 30.7 Å². The lowest BCUT2D eigenvalue weighted by Gasteiger charge is -2.36. The second kappa shape index (κ2) is 5.51. The van der Waals surface area contributed by atoms with E-state index in [-0.39, 0.29) is 13.1 Å². The molecule has 1 rings (SSSR count). The van der Waals surface area contributed by atoms with E-state index in [4.69, 9.17) is 0 Å². The molecule has 0 aliphatic carbocycles. The van der Waals surface area contributed by atoms with Crippen LogP contribution in [0.1, 0.15) is 0 Å². The van der Waals surface area contributed by atoms with E-state index in [0.29, 0.717) is 4.90 Å². The first-order valence-electron chi connectivity index (χ1n) is 5.28. The van der Waals surface area contributed by atoms with E-state index in [2.05, 4.69) is 0 Å². The van der Waals surface area contributed by atoms with E-state index in [0.717, 1.165) is 4.90 Å². The minimum atomic E-state index is -4.80. The number of hydrogen-bond donors (Lipinski definition) is 0. The molecule has 10 heteroatoms. The van der Waals surface area contributed by atoms with Gasteiger partial charge in [-0.25, -0.2) is 8.78 Å². The second-order valence-corrected chi connectivity index (χ2v) is 4.11. The van der Waals surface area contributed by atoms with Crippen LogP contribution in [0.5, 0.6) is 0 Å². The third kappa shape index (κ3) is 4.22. The number of alkyl halides is 7. The molecule has 0 unspecified atom stereocenters. The number of carbonyl (C=O) groups is 1. The fourth-order valence-electron chi connectivity index (χ4n) is 1.67. The molecule has 0 radical (unpaired) electrons. The summed E-state index contributed by atoms with van der Waals surface area (Å²) in [5, 5.41) is 0. The van der Waals surface area contributed by atoms with Gasteiger partial charge >= 0.3 is 18.5 Å². The van der Waals surface area contributed by atoms with Gasteiger partial charge in [-0.15, -0.1) is 0 Å². The Balaban J connectivity index is 2.53. The van der Waals surface area contributed by atoms with Gasteiger partial charge in [-0.3, -0.25) is 9.69 Å². The average molecular weight is 296 g/mol. The van der Waals surface area contributed by atoms with Gasteiger partial charge < -0.3 is 4.90 Å². The molecule has 3 nitrogen and oxygen atoms in total. The molecule has 112 valence electrons. The fourth-order valence-corrected chi connectivity index (χ4v) is 1.67. The summed E-state index contributed by atoms with van der Waals surface area (Å²) in [5.74, 6) is -6.85. The van der Waals surface area contributed by atoms with Crippen molar-refractivity contribution in [3.05, 3.63) is 0 Å². The quantitative estimate of drug-likeness (QED) is 0.739. The van der Waals surface area contributed by atoms with Crippen LogP contribution in [0.3, 0.4) is 0 Å². The van der Waals surface area contributed by atoms with E-state index >= 15 is 0 Å². The summed E-state index contributed by atoms with van der Waals surface area (Å²) in [4.78, 5) is 12.5. The molecule has 0 aromatic heterocycles. The SMILES string of the molecule is O=C(N1CCN(CC(F)(F)F)CC1)C(F)(F)C(F)F. The van der Waals surface area contributed by atoms with E-state index in [1.165, 1.54) is 0 Å². The zero-order chi connectivity index (χ0) is 14.8. The summed E-state index contributed by atoms with van der Waals surface area (Å²) < 4.78 is 85.6. The number of hydrogen-bond acceptors (Lipinski definition) is 2. The number of nitrogens with zero attached hydrogens (tertiary/aromatic N) is 2. The van der Waals surface area contributed by atoms with Gasteiger partial charge in [0.25, 0.3) is 5.91 Å². The molecule has 0 spiro atoms. The van der Waals surface area contributed by atoms with E-state index in [1.807, 2.05) is 0 Å². The van der Waals surface area contributed by atoms with Gasteiger partial charge in [0.05, 0.1) is 6.54 Å². The van der Waals surface area contributed by atoms with E-state index < -0.39 is 44.1 Å². The number of amides is 1. The molecular formula is C9H11F7N2O. The Hall–Kier alpha value is -1.06. The highest BCUT2D eigenvalue weighted by Gasteiger charge is 2.51. The van der Waals surface area contributed by atoms with Crippen LogP contribution in [-0.2, 0) is 4.79 Å². The van der Waals surface area contributed by atoms with Crippen LogP contribution in [0.25, 0.3) is 0 Å². The number of rotatable bonds is 3. The molecule has 0 bridgehead atoms. The Morgan fingerprint density at radius 2 is 1.47 bits per heavy atom. The molecule has 19 heavy (non-hydrogen) atoms. The molecule has 1 aliphatic rings. The fraction of sp³-hybridized carbons (Fsp3) is 0.889. The van der Waals surface area contributed by atoms with Gasteiger partial charge in [-0.2, -0.15) is 22.0 Å². The lowest BCUT2D eigenvalue weighted by molar-refractivity contribution is -0.183. The highest BCUT2D eigenvalue weighted by molar-refractivity contribution is 5.84. The first-order chi connectivity index (χ1) is 8.54. The predicted octanol–water partition coefficient (Wildman–Crippen LogP) is 1.59. The zero-order valence-corrected chi connectivity index (χ0v) is 9.56. The summed E-state index contributed by atoms with van der Waals surface area (Å²) in [6.45, 7) is -2.66. The Morgan fingerprint density at radius 3 is 1.84 bits per heavy atom. The number of piperazine rings is 1. The molecule has 1 heterocycles. The van der Waals surface area contributed by atoms with Crippen molar-refractivity contribution in [2.24, 2.45) is 0 Å². The van der Waals surface area contributed by atoms with Crippen LogP contribution >= 0.6 is 0 Å². The molecule has 0 atom stereocenters. The van der Waals surface area contributed by atoms with Crippen LogP contribution in [-0.4, -0.2) is 67.0 Å². The van der Waals surface area contributed by atoms with Crippen LogP contribution < -0.4 is 0 Å². The van der Waals surface area contributed by atoms with Crippen molar-refractivity contribution >= 4 is 5.91 Å². The molecule has 0 aromatic rings. The molecular weight excluding hydrogens is 285 g/mol. The van der Waals surface area contributed by atoms with Gasteiger partial charge in [0.15, 0.2) is 0 Å². The standard InChI is InChI=1S/C9H11F7N2O/c10-6(11)9(15,16)7(19)18-3-1-17(2-4-18)5-8(12,13)14/h6H,1-5H2. The summed E-state index contributed by atoms with van der Waals surface area (Å²) in [7, 11) is 0.